The number of rotatable bonds is 7. The molecule has 0 atom stereocenters. The van der Waals surface area contributed by atoms with Crippen LogP contribution in [0.4, 0.5) is 0 Å². The molecule has 23 heavy (non-hydrogen) atoms. The molecule has 1 aliphatic heterocycles. The van der Waals surface area contributed by atoms with Crippen molar-refractivity contribution in [2.45, 2.75) is 57.4 Å². The average molecular weight is 313 g/mol. The molecule has 0 unspecified atom stereocenters. The van der Waals surface area contributed by atoms with Crippen LogP contribution in [0.1, 0.15) is 50.5 Å². The van der Waals surface area contributed by atoms with Gasteiger partial charge in [-0.1, -0.05) is 42.0 Å². The van der Waals surface area contributed by atoms with Gasteiger partial charge in [0.15, 0.2) is 0 Å². The van der Waals surface area contributed by atoms with Gasteiger partial charge in [-0.25, -0.2) is 0 Å². The van der Waals surface area contributed by atoms with Crippen molar-refractivity contribution in [2.75, 3.05) is 26.2 Å². The molecule has 1 saturated heterocycles. The van der Waals surface area contributed by atoms with E-state index in [1.54, 1.807) is 5.57 Å². The second kappa shape index (κ2) is 9.24. The summed E-state index contributed by atoms with van der Waals surface area (Å²) in [6.07, 6.45) is 13.0. The van der Waals surface area contributed by atoms with E-state index in [0.717, 1.165) is 6.04 Å². The Hall–Kier alpha value is -1.12. The normalized spacial score (nSPS) is 20.4. The van der Waals surface area contributed by atoms with Crippen LogP contribution >= 0.6 is 0 Å². The number of hydrogen-bond donors (Lipinski definition) is 1. The zero-order valence-corrected chi connectivity index (χ0v) is 14.5. The van der Waals surface area contributed by atoms with Crippen LogP contribution in [0.5, 0.6) is 0 Å². The van der Waals surface area contributed by atoms with Crippen molar-refractivity contribution >= 4 is 0 Å². The van der Waals surface area contributed by atoms with E-state index in [2.05, 4.69) is 46.6 Å². The number of hydrogen-bond acceptors (Lipinski definition) is 2. The molecule has 1 aromatic carbocycles. The lowest BCUT2D eigenvalue weighted by Gasteiger charge is -2.32. The lowest BCUT2D eigenvalue weighted by atomic mass is 9.97. The maximum absolute atomic E-state index is 3.80. The quantitative estimate of drug-likeness (QED) is 0.760. The summed E-state index contributed by atoms with van der Waals surface area (Å²) < 4.78 is 0. The smallest absolute Gasteiger partial charge is 0.00915 e. The van der Waals surface area contributed by atoms with E-state index in [9.17, 15) is 0 Å². The van der Waals surface area contributed by atoms with Gasteiger partial charge in [-0.15, -0.1) is 0 Å². The summed E-state index contributed by atoms with van der Waals surface area (Å²) in [5.41, 5.74) is 3.16. The number of piperidine rings is 1. The van der Waals surface area contributed by atoms with Crippen LogP contribution < -0.4 is 5.32 Å². The molecule has 126 valence electrons. The third-order valence-corrected chi connectivity index (χ3v) is 5.41. The molecule has 0 aromatic heterocycles. The van der Waals surface area contributed by atoms with Gasteiger partial charge in [0.25, 0.3) is 0 Å². The molecule has 1 heterocycles. The second-order valence-corrected chi connectivity index (χ2v) is 7.16. The first-order chi connectivity index (χ1) is 11.4. The van der Waals surface area contributed by atoms with Crippen LogP contribution in [-0.4, -0.2) is 37.1 Å². The minimum absolute atomic E-state index is 0.743. The molecule has 0 amide bonds. The molecule has 0 bridgehead atoms. The van der Waals surface area contributed by atoms with Crippen molar-refractivity contribution in [1.82, 2.24) is 10.2 Å². The van der Waals surface area contributed by atoms with Gasteiger partial charge in [0.05, 0.1) is 0 Å². The first-order valence-electron chi connectivity index (χ1n) is 9.58. The minimum Gasteiger partial charge on any atom is -0.314 e. The first-order valence-corrected chi connectivity index (χ1v) is 9.58. The summed E-state index contributed by atoms with van der Waals surface area (Å²) in [5, 5.41) is 3.80. The molecular weight excluding hydrogens is 280 g/mol. The fourth-order valence-corrected chi connectivity index (χ4v) is 3.86. The van der Waals surface area contributed by atoms with Gasteiger partial charge in [-0.2, -0.15) is 0 Å². The minimum atomic E-state index is 0.743. The van der Waals surface area contributed by atoms with E-state index in [1.807, 2.05) is 0 Å². The average Bonchev–Trinajstić information content (AvgIpc) is 2.63. The Morgan fingerprint density at radius 3 is 2.57 bits per heavy atom. The molecule has 1 N–H and O–H groups in total. The zero-order valence-electron chi connectivity index (χ0n) is 14.5. The van der Waals surface area contributed by atoms with Gasteiger partial charge in [0.2, 0.25) is 0 Å². The maximum atomic E-state index is 3.80. The second-order valence-electron chi connectivity index (χ2n) is 7.16. The topological polar surface area (TPSA) is 15.3 Å². The van der Waals surface area contributed by atoms with Crippen molar-refractivity contribution in [3.63, 3.8) is 0 Å². The Bertz CT molecular complexity index is 472. The Kier molecular flexibility index (Phi) is 6.72. The van der Waals surface area contributed by atoms with Gasteiger partial charge in [-0.05, 0) is 76.6 Å². The lowest BCUT2D eigenvalue weighted by Crippen LogP contribution is -2.43. The Morgan fingerprint density at radius 2 is 1.83 bits per heavy atom. The standard InChI is InChI=1S/C21H32N2/c1-3-7-19(8-4-1)11-15-22-21-13-17-23(18-14-21)16-12-20-9-5-2-6-10-20/h2,5-7,9-10,21-22H,1,3-4,8,11-18H2. The molecule has 1 aliphatic carbocycles. The largest absolute Gasteiger partial charge is 0.314 e. The van der Waals surface area contributed by atoms with Gasteiger partial charge >= 0.3 is 0 Å². The zero-order chi connectivity index (χ0) is 15.7. The molecule has 1 aromatic rings. The van der Waals surface area contributed by atoms with E-state index >= 15 is 0 Å². The monoisotopic (exact) mass is 312 g/mol. The van der Waals surface area contributed by atoms with Gasteiger partial charge < -0.3 is 10.2 Å². The van der Waals surface area contributed by atoms with Crippen LogP contribution in [-0.2, 0) is 6.42 Å². The first kappa shape index (κ1) is 16.7. The van der Waals surface area contributed by atoms with Crippen molar-refractivity contribution in [3.8, 4) is 0 Å². The van der Waals surface area contributed by atoms with Gasteiger partial charge in [0.1, 0.15) is 0 Å². The number of nitrogens with zero attached hydrogens (tertiary/aromatic N) is 1. The fraction of sp³-hybridized carbons (Fsp3) is 0.619. The van der Waals surface area contributed by atoms with Crippen LogP contribution in [0.15, 0.2) is 42.0 Å². The van der Waals surface area contributed by atoms with E-state index in [1.165, 1.54) is 83.1 Å². The van der Waals surface area contributed by atoms with E-state index in [0.29, 0.717) is 0 Å². The third-order valence-electron chi connectivity index (χ3n) is 5.41. The van der Waals surface area contributed by atoms with Crippen LogP contribution in [0, 0.1) is 0 Å². The Morgan fingerprint density at radius 1 is 1.00 bits per heavy atom. The van der Waals surface area contributed by atoms with Crippen LogP contribution in [0.25, 0.3) is 0 Å². The van der Waals surface area contributed by atoms with Crippen LogP contribution in [0.3, 0.4) is 0 Å². The number of allylic oxidation sites excluding steroid dienone is 1. The Balaban J connectivity index is 1.28. The predicted octanol–water partition coefficient (Wildman–Crippen LogP) is 4.17. The summed E-state index contributed by atoms with van der Waals surface area (Å²) in [7, 11) is 0. The maximum Gasteiger partial charge on any atom is 0.00915 e. The third kappa shape index (κ3) is 5.78. The molecule has 0 radical (unpaired) electrons. The molecule has 3 rings (SSSR count). The highest BCUT2D eigenvalue weighted by Gasteiger charge is 2.18. The molecular formula is C21H32N2. The van der Waals surface area contributed by atoms with E-state index in [4.69, 9.17) is 0 Å². The van der Waals surface area contributed by atoms with Crippen molar-refractivity contribution < 1.29 is 0 Å². The molecule has 2 aliphatic rings. The highest BCUT2D eigenvalue weighted by molar-refractivity contribution is 5.14. The molecule has 0 saturated carbocycles. The number of benzene rings is 1. The van der Waals surface area contributed by atoms with E-state index in [-0.39, 0.29) is 0 Å². The van der Waals surface area contributed by atoms with Crippen molar-refractivity contribution in [1.29, 1.82) is 0 Å². The summed E-state index contributed by atoms with van der Waals surface area (Å²) in [4.78, 5) is 2.63. The summed E-state index contributed by atoms with van der Waals surface area (Å²) in [6, 6.07) is 11.6. The van der Waals surface area contributed by atoms with Crippen molar-refractivity contribution in [2.24, 2.45) is 0 Å². The summed E-state index contributed by atoms with van der Waals surface area (Å²) >= 11 is 0. The van der Waals surface area contributed by atoms with Crippen molar-refractivity contribution in [3.05, 3.63) is 47.5 Å². The SMILES string of the molecule is C1=C(CCNC2CCN(CCc3ccccc3)CC2)CCCC1. The lowest BCUT2D eigenvalue weighted by molar-refractivity contribution is 0.200. The fourth-order valence-electron chi connectivity index (χ4n) is 3.86. The number of nitrogens with one attached hydrogen (secondary N) is 1. The molecule has 2 nitrogen and oxygen atoms in total. The van der Waals surface area contributed by atoms with E-state index < -0.39 is 0 Å². The van der Waals surface area contributed by atoms with Crippen LogP contribution in [0.2, 0.25) is 0 Å². The molecule has 2 heteroatoms. The molecule has 0 spiro atoms. The molecule has 1 fully saturated rings. The summed E-state index contributed by atoms with van der Waals surface area (Å²) in [6.45, 7) is 4.91. The Labute approximate surface area is 142 Å². The van der Waals surface area contributed by atoms with Gasteiger partial charge in [-0.3, -0.25) is 0 Å². The van der Waals surface area contributed by atoms with Gasteiger partial charge in [0, 0.05) is 12.6 Å². The summed E-state index contributed by atoms with van der Waals surface area (Å²) in [5.74, 6) is 0. The predicted molar refractivity (Wildman–Crippen MR) is 98.8 cm³/mol. The highest BCUT2D eigenvalue weighted by atomic mass is 15.1. The highest BCUT2D eigenvalue weighted by Crippen LogP contribution is 2.20. The number of likely N-dealkylation sites (tertiary alicyclic amines) is 1.